The van der Waals surface area contributed by atoms with E-state index in [0.29, 0.717) is 13.2 Å². The van der Waals surface area contributed by atoms with Crippen molar-refractivity contribution in [3.05, 3.63) is 29.8 Å². The van der Waals surface area contributed by atoms with Crippen molar-refractivity contribution in [3.8, 4) is 5.75 Å². The van der Waals surface area contributed by atoms with Crippen molar-refractivity contribution in [2.75, 3.05) is 39.5 Å². The van der Waals surface area contributed by atoms with Gasteiger partial charge < -0.3 is 20.5 Å². The fourth-order valence-electron chi connectivity index (χ4n) is 2.19. The van der Waals surface area contributed by atoms with Gasteiger partial charge >= 0.3 is 0 Å². The second-order valence-corrected chi connectivity index (χ2v) is 5.45. The predicted octanol–water partition coefficient (Wildman–Crippen LogP) is 0.361. The highest BCUT2D eigenvalue weighted by molar-refractivity contribution is 5.79. The van der Waals surface area contributed by atoms with E-state index >= 15 is 0 Å². The molecule has 0 bridgehead atoms. The summed E-state index contributed by atoms with van der Waals surface area (Å²) in [6, 6.07) is 7.55. The Bertz CT molecular complexity index is 458. The molecule has 0 unspecified atom stereocenters. The maximum absolute atomic E-state index is 11.0. The third-order valence-electron chi connectivity index (χ3n) is 3.74. The zero-order valence-corrected chi connectivity index (χ0v) is 13.1. The normalized spacial score (nSPS) is 17.1. The highest BCUT2D eigenvalue weighted by atomic mass is 16.5. The summed E-state index contributed by atoms with van der Waals surface area (Å²) in [5.41, 5.74) is 6.30. The third kappa shape index (κ3) is 5.63. The number of primary amides is 1. The van der Waals surface area contributed by atoms with Crippen molar-refractivity contribution in [2.24, 2.45) is 5.73 Å². The summed E-state index contributed by atoms with van der Waals surface area (Å²) in [6.45, 7) is 7.54. The molecule has 0 aromatic heterocycles. The van der Waals surface area contributed by atoms with Gasteiger partial charge in [-0.1, -0.05) is 12.1 Å². The van der Waals surface area contributed by atoms with Gasteiger partial charge in [0, 0.05) is 26.2 Å². The number of amides is 1. The fraction of sp³-hybridized carbons (Fsp3) is 0.562. The number of morpholine rings is 1. The molecule has 6 nitrogen and oxygen atoms in total. The first kappa shape index (κ1) is 16.7. The number of nitrogens with zero attached hydrogens (tertiary/aromatic N) is 1. The van der Waals surface area contributed by atoms with Crippen LogP contribution in [0, 0.1) is 0 Å². The van der Waals surface area contributed by atoms with E-state index in [1.165, 1.54) is 0 Å². The van der Waals surface area contributed by atoms with Crippen LogP contribution in [0.5, 0.6) is 5.75 Å². The molecule has 1 aliphatic heterocycles. The zero-order valence-electron chi connectivity index (χ0n) is 13.1. The van der Waals surface area contributed by atoms with Gasteiger partial charge in [-0.15, -0.1) is 0 Å². The van der Waals surface area contributed by atoms with Crippen molar-refractivity contribution in [3.63, 3.8) is 0 Å². The molecular formula is C16H25N3O3. The standard InChI is InChI=1S/C16H25N3O3/c1-13(16(17)20)18-12-14-2-4-15(5-3-14)22-11-8-19-6-9-21-10-7-19/h2-5,13,18H,6-12H2,1H3,(H2,17,20)/t13-/m1/s1. The highest BCUT2D eigenvalue weighted by Gasteiger charge is 2.10. The number of hydrogen-bond donors (Lipinski definition) is 2. The molecule has 0 spiro atoms. The Balaban J connectivity index is 1.68. The van der Waals surface area contributed by atoms with E-state index in [9.17, 15) is 4.79 Å². The average Bonchev–Trinajstić information content (AvgIpc) is 2.54. The van der Waals surface area contributed by atoms with Crippen LogP contribution in [-0.2, 0) is 16.1 Å². The summed E-state index contributed by atoms with van der Waals surface area (Å²) < 4.78 is 11.1. The molecule has 1 fully saturated rings. The molecule has 3 N–H and O–H groups in total. The zero-order chi connectivity index (χ0) is 15.8. The lowest BCUT2D eigenvalue weighted by Crippen LogP contribution is -2.38. The number of nitrogens with one attached hydrogen (secondary N) is 1. The first-order valence-corrected chi connectivity index (χ1v) is 7.69. The summed E-state index contributed by atoms with van der Waals surface area (Å²) in [7, 11) is 0. The molecule has 1 heterocycles. The number of ether oxygens (including phenoxy) is 2. The topological polar surface area (TPSA) is 76.8 Å². The van der Waals surface area contributed by atoms with Gasteiger partial charge in [-0.3, -0.25) is 9.69 Å². The lowest BCUT2D eigenvalue weighted by molar-refractivity contribution is -0.119. The molecule has 1 saturated heterocycles. The number of carbonyl (C=O) groups excluding carboxylic acids is 1. The van der Waals surface area contributed by atoms with Crippen LogP contribution >= 0.6 is 0 Å². The monoisotopic (exact) mass is 307 g/mol. The molecule has 0 radical (unpaired) electrons. The Morgan fingerprint density at radius 3 is 2.68 bits per heavy atom. The van der Waals surface area contributed by atoms with Crippen molar-refractivity contribution < 1.29 is 14.3 Å². The Hall–Kier alpha value is -1.63. The second kappa shape index (κ2) is 8.73. The molecule has 0 aliphatic carbocycles. The fourth-order valence-corrected chi connectivity index (χ4v) is 2.19. The molecule has 6 heteroatoms. The Labute approximate surface area is 131 Å². The van der Waals surface area contributed by atoms with Crippen molar-refractivity contribution in [2.45, 2.75) is 19.5 Å². The van der Waals surface area contributed by atoms with E-state index < -0.39 is 0 Å². The van der Waals surface area contributed by atoms with Crippen LogP contribution in [-0.4, -0.2) is 56.3 Å². The van der Waals surface area contributed by atoms with Crippen molar-refractivity contribution >= 4 is 5.91 Å². The van der Waals surface area contributed by atoms with E-state index in [4.69, 9.17) is 15.2 Å². The molecule has 1 aliphatic rings. The summed E-state index contributed by atoms with van der Waals surface area (Å²) in [5.74, 6) is 0.517. The van der Waals surface area contributed by atoms with Gasteiger partial charge in [0.25, 0.3) is 0 Å². The third-order valence-corrected chi connectivity index (χ3v) is 3.74. The van der Waals surface area contributed by atoms with E-state index in [2.05, 4.69) is 10.2 Å². The van der Waals surface area contributed by atoms with Gasteiger partial charge in [-0.05, 0) is 24.6 Å². The lowest BCUT2D eigenvalue weighted by Gasteiger charge is -2.26. The van der Waals surface area contributed by atoms with Gasteiger partial charge in [-0.2, -0.15) is 0 Å². The Morgan fingerprint density at radius 1 is 1.36 bits per heavy atom. The number of rotatable bonds is 8. The van der Waals surface area contributed by atoms with Gasteiger partial charge in [0.15, 0.2) is 0 Å². The molecule has 22 heavy (non-hydrogen) atoms. The Morgan fingerprint density at radius 2 is 2.05 bits per heavy atom. The van der Waals surface area contributed by atoms with Gasteiger partial charge in [0.1, 0.15) is 12.4 Å². The van der Waals surface area contributed by atoms with Gasteiger partial charge in [0.05, 0.1) is 19.3 Å². The molecular weight excluding hydrogens is 282 g/mol. The van der Waals surface area contributed by atoms with Crippen LogP contribution in [0.4, 0.5) is 0 Å². The number of nitrogens with two attached hydrogens (primary N) is 1. The summed E-state index contributed by atoms with van der Waals surface area (Å²) in [4.78, 5) is 13.3. The Kier molecular flexibility index (Phi) is 6.64. The molecule has 1 atom stereocenters. The molecule has 122 valence electrons. The summed E-state index contributed by atoms with van der Waals surface area (Å²) in [6.07, 6.45) is 0. The van der Waals surface area contributed by atoms with Crippen LogP contribution in [0.15, 0.2) is 24.3 Å². The first-order chi connectivity index (χ1) is 10.6. The average molecular weight is 307 g/mol. The van der Waals surface area contributed by atoms with Crippen LogP contribution in [0.2, 0.25) is 0 Å². The molecule has 2 rings (SSSR count). The van der Waals surface area contributed by atoms with E-state index in [-0.39, 0.29) is 11.9 Å². The second-order valence-electron chi connectivity index (χ2n) is 5.45. The van der Waals surface area contributed by atoms with E-state index in [0.717, 1.165) is 44.2 Å². The minimum Gasteiger partial charge on any atom is -0.492 e. The van der Waals surface area contributed by atoms with Gasteiger partial charge in [-0.25, -0.2) is 0 Å². The van der Waals surface area contributed by atoms with Crippen LogP contribution in [0.3, 0.4) is 0 Å². The lowest BCUT2D eigenvalue weighted by atomic mass is 10.2. The maximum Gasteiger partial charge on any atom is 0.234 e. The largest absolute Gasteiger partial charge is 0.492 e. The van der Waals surface area contributed by atoms with Crippen LogP contribution in [0.1, 0.15) is 12.5 Å². The summed E-state index contributed by atoms with van der Waals surface area (Å²) >= 11 is 0. The minimum atomic E-state index is -0.344. The highest BCUT2D eigenvalue weighted by Crippen LogP contribution is 2.12. The summed E-state index contributed by atoms with van der Waals surface area (Å²) in [5, 5.41) is 3.07. The molecule has 1 aromatic rings. The van der Waals surface area contributed by atoms with Gasteiger partial charge in [0.2, 0.25) is 5.91 Å². The minimum absolute atomic E-state index is 0.329. The SMILES string of the molecule is C[C@@H](NCc1ccc(OCCN2CCOCC2)cc1)C(N)=O. The van der Waals surface area contributed by atoms with E-state index in [1.807, 2.05) is 24.3 Å². The number of hydrogen-bond acceptors (Lipinski definition) is 5. The van der Waals surface area contributed by atoms with Crippen LogP contribution < -0.4 is 15.8 Å². The van der Waals surface area contributed by atoms with E-state index in [1.54, 1.807) is 6.92 Å². The predicted molar refractivity (Wildman–Crippen MR) is 84.7 cm³/mol. The van der Waals surface area contributed by atoms with Crippen molar-refractivity contribution in [1.29, 1.82) is 0 Å². The number of carbonyl (C=O) groups is 1. The molecule has 0 saturated carbocycles. The smallest absolute Gasteiger partial charge is 0.234 e. The quantitative estimate of drug-likeness (QED) is 0.725. The van der Waals surface area contributed by atoms with Crippen molar-refractivity contribution in [1.82, 2.24) is 10.2 Å². The molecule has 1 aromatic carbocycles. The number of benzene rings is 1. The maximum atomic E-state index is 11.0. The van der Waals surface area contributed by atoms with Crippen LogP contribution in [0.25, 0.3) is 0 Å². The molecule has 1 amide bonds. The first-order valence-electron chi connectivity index (χ1n) is 7.69.